The molecule has 2 heterocycles. The number of fused-ring (bicyclic) bond motifs is 2. The second-order valence-electron chi connectivity index (χ2n) is 5.84. The summed E-state index contributed by atoms with van der Waals surface area (Å²) in [5.74, 6) is 0.901. The van der Waals surface area contributed by atoms with Crippen molar-refractivity contribution < 1.29 is 9.53 Å². The molecule has 2 rings (SSSR count). The highest BCUT2D eigenvalue weighted by Crippen LogP contribution is 2.32. The Labute approximate surface area is 122 Å². The maximum absolute atomic E-state index is 12.1. The average Bonchev–Trinajstić information content (AvgIpc) is 2.69. The molecular formula is C14H27ClN2O2. The van der Waals surface area contributed by atoms with Crippen LogP contribution in [0.2, 0.25) is 0 Å². The second-order valence-corrected chi connectivity index (χ2v) is 5.84. The lowest BCUT2D eigenvalue weighted by Crippen LogP contribution is -2.40. The largest absolute Gasteiger partial charge is 0.385 e. The number of amides is 1. The summed E-state index contributed by atoms with van der Waals surface area (Å²) < 4.78 is 5.01. The monoisotopic (exact) mass is 290 g/mol. The average molecular weight is 291 g/mol. The van der Waals surface area contributed by atoms with E-state index in [0.717, 1.165) is 26.0 Å². The van der Waals surface area contributed by atoms with Gasteiger partial charge in [0.2, 0.25) is 5.91 Å². The first-order valence-electron chi connectivity index (χ1n) is 7.18. The number of carbonyl (C=O) groups is 1. The fraction of sp³-hybridized carbons (Fsp3) is 0.929. The van der Waals surface area contributed by atoms with Crippen LogP contribution in [0.3, 0.4) is 0 Å². The first-order valence-corrected chi connectivity index (χ1v) is 7.18. The van der Waals surface area contributed by atoms with Crippen LogP contribution in [0.4, 0.5) is 0 Å². The molecule has 0 saturated carbocycles. The Kier molecular flexibility index (Phi) is 7.11. The summed E-state index contributed by atoms with van der Waals surface area (Å²) >= 11 is 0. The van der Waals surface area contributed by atoms with Gasteiger partial charge in [0.1, 0.15) is 0 Å². The molecule has 2 aliphatic rings. The van der Waals surface area contributed by atoms with Gasteiger partial charge in [-0.25, -0.2) is 0 Å². The third-order valence-electron chi connectivity index (χ3n) is 4.30. The molecule has 1 amide bonds. The molecule has 2 unspecified atom stereocenters. The molecule has 5 heteroatoms. The number of rotatable bonds is 6. The van der Waals surface area contributed by atoms with Crippen molar-refractivity contribution in [2.24, 2.45) is 5.92 Å². The Morgan fingerprint density at radius 2 is 1.95 bits per heavy atom. The number of nitrogens with zero attached hydrogens (tertiary/aromatic N) is 1. The number of nitrogens with one attached hydrogen (secondary N) is 1. The van der Waals surface area contributed by atoms with Gasteiger partial charge in [-0.15, -0.1) is 12.4 Å². The lowest BCUT2D eigenvalue weighted by Gasteiger charge is -2.30. The van der Waals surface area contributed by atoms with Gasteiger partial charge in [-0.3, -0.25) is 4.79 Å². The first kappa shape index (κ1) is 16.7. The molecule has 2 atom stereocenters. The molecule has 2 fully saturated rings. The molecule has 0 aromatic carbocycles. The summed E-state index contributed by atoms with van der Waals surface area (Å²) in [7, 11) is 3.61. The van der Waals surface area contributed by atoms with Crippen molar-refractivity contribution in [1.82, 2.24) is 10.2 Å². The van der Waals surface area contributed by atoms with Gasteiger partial charge in [0.15, 0.2) is 0 Å². The standard InChI is InChI=1S/C14H26N2O2.ClH/c1-16(6-3-7-18-2)14(17)10-11-8-12-4-5-13(9-11)15-12;/h11-13,15H,3-10H2,1-2H3;1H. The number of piperidine rings is 1. The van der Waals surface area contributed by atoms with Gasteiger partial charge < -0.3 is 15.0 Å². The van der Waals surface area contributed by atoms with Crippen molar-refractivity contribution >= 4 is 18.3 Å². The lowest BCUT2D eigenvalue weighted by atomic mass is 9.89. The van der Waals surface area contributed by atoms with Crippen LogP contribution >= 0.6 is 12.4 Å². The van der Waals surface area contributed by atoms with Gasteiger partial charge >= 0.3 is 0 Å². The number of ether oxygens (including phenoxy) is 1. The van der Waals surface area contributed by atoms with Crippen LogP contribution in [0.1, 0.15) is 38.5 Å². The minimum Gasteiger partial charge on any atom is -0.385 e. The van der Waals surface area contributed by atoms with E-state index in [-0.39, 0.29) is 12.4 Å². The van der Waals surface area contributed by atoms with E-state index in [4.69, 9.17) is 4.74 Å². The fourth-order valence-corrected chi connectivity index (χ4v) is 3.32. The lowest BCUT2D eigenvalue weighted by molar-refractivity contribution is -0.131. The van der Waals surface area contributed by atoms with Crippen molar-refractivity contribution in [3.8, 4) is 0 Å². The quantitative estimate of drug-likeness (QED) is 0.759. The fourth-order valence-electron chi connectivity index (χ4n) is 3.32. The van der Waals surface area contributed by atoms with Gasteiger partial charge in [-0.1, -0.05) is 0 Å². The zero-order chi connectivity index (χ0) is 13.0. The van der Waals surface area contributed by atoms with Crippen LogP contribution in [0.15, 0.2) is 0 Å². The topological polar surface area (TPSA) is 41.6 Å². The highest BCUT2D eigenvalue weighted by Gasteiger charge is 2.34. The number of methoxy groups -OCH3 is 1. The van der Waals surface area contributed by atoms with Gasteiger partial charge in [-0.05, 0) is 38.0 Å². The Balaban J connectivity index is 0.00000180. The van der Waals surface area contributed by atoms with Crippen molar-refractivity contribution in [1.29, 1.82) is 0 Å². The molecule has 0 radical (unpaired) electrons. The van der Waals surface area contributed by atoms with Crippen molar-refractivity contribution in [2.75, 3.05) is 27.3 Å². The highest BCUT2D eigenvalue weighted by molar-refractivity contribution is 5.85. The van der Waals surface area contributed by atoms with Crippen LogP contribution in [0.25, 0.3) is 0 Å². The SMILES string of the molecule is COCCCN(C)C(=O)CC1CC2CCC(C1)N2.Cl. The zero-order valence-corrected chi connectivity index (χ0v) is 12.9. The summed E-state index contributed by atoms with van der Waals surface area (Å²) in [5.41, 5.74) is 0. The van der Waals surface area contributed by atoms with Crippen LogP contribution in [0.5, 0.6) is 0 Å². The zero-order valence-electron chi connectivity index (χ0n) is 12.1. The second kappa shape index (κ2) is 8.08. The molecule has 2 aliphatic heterocycles. The third kappa shape index (κ3) is 4.93. The van der Waals surface area contributed by atoms with Gasteiger partial charge in [0.05, 0.1) is 0 Å². The molecule has 2 bridgehead atoms. The Morgan fingerprint density at radius 1 is 1.32 bits per heavy atom. The molecular weight excluding hydrogens is 264 g/mol. The smallest absolute Gasteiger partial charge is 0.222 e. The Morgan fingerprint density at radius 3 is 2.53 bits per heavy atom. The molecule has 0 aliphatic carbocycles. The predicted octanol–water partition coefficient (Wildman–Crippen LogP) is 1.82. The van der Waals surface area contributed by atoms with E-state index in [0.29, 0.717) is 23.9 Å². The van der Waals surface area contributed by atoms with E-state index in [1.807, 2.05) is 11.9 Å². The summed E-state index contributed by atoms with van der Waals surface area (Å²) in [6, 6.07) is 1.36. The third-order valence-corrected chi connectivity index (χ3v) is 4.30. The Hall–Kier alpha value is -0.320. The number of halogens is 1. The van der Waals surface area contributed by atoms with Crippen molar-refractivity contribution in [2.45, 2.75) is 50.6 Å². The van der Waals surface area contributed by atoms with Crippen LogP contribution in [-0.2, 0) is 9.53 Å². The van der Waals surface area contributed by atoms with Crippen LogP contribution in [0, 0.1) is 5.92 Å². The molecule has 0 aromatic rings. The van der Waals surface area contributed by atoms with Gasteiger partial charge in [0, 0.05) is 45.8 Å². The minimum atomic E-state index is 0. The van der Waals surface area contributed by atoms with Gasteiger partial charge in [0.25, 0.3) is 0 Å². The molecule has 2 saturated heterocycles. The molecule has 19 heavy (non-hydrogen) atoms. The number of carbonyl (C=O) groups excluding carboxylic acids is 1. The van der Waals surface area contributed by atoms with Crippen molar-refractivity contribution in [3.63, 3.8) is 0 Å². The van der Waals surface area contributed by atoms with E-state index in [1.165, 1.54) is 25.7 Å². The van der Waals surface area contributed by atoms with Crippen LogP contribution in [-0.4, -0.2) is 50.2 Å². The molecule has 0 spiro atoms. The summed E-state index contributed by atoms with van der Waals surface area (Å²) in [4.78, 5) is 14.0. The maximum Gasteiger partial charge on any atom is 0.222 e. The van der Waals surface area contributed by atoms with Crippen LogP contribution < -0.4 is 5.32 Å². The van der Waals surface area contributed by atoms with E-state index in [2.05, 4.69) is 5.32 Å². The van der Waals surface area contributed by atoms with Gasteiger partial charge in [-0.2, -0.15) is 0 Å². The predicted molar refractivity (Wildman–Crippen MR) is 78.7 cm³/mol. The highest BCUT2D eigenvalue weighted by atomic mass is 35.5. The van der Waals surface area contributed by atoms with E-state index < -0.39 is 0 Å². The Bertz CT molecular complexity index is 277. The molecule has 1 N–H and O–H groups in total. The van der Waals surface area contributed by atoms with Crippen molar-refractivity contribution in [3.05, 3.63) is 0 Å². The molecule has 4 nitrogen and oxygen atoms in total. The molecule has 0 aromatic heterocycles. The maximum atomic E-state index is 12.1. The summed E-state index contributed by atoms with van der Waals surface area (Å²) in [6.45, 7) is 1.54. The van der Waals surface area contributed by atoms with E-state index in [9.17, 15) is 4.79 Å². The molecule has 112 valence electrons. The summed E-state index contributed by atoms with van der Waals surface area (Å²) in [5, 5.41) is 3.62. The minimum absolute atomic E-state index is 0. The first-order chi connectivity index (χ1) is 8.69. The number of hydrogen-bond donors (Lipinski definition) is 1. The van der Waals surface area contributed by atoms with E-state index >= 15 is 0 Å². The normalized spacial score (nSPS) is 28.8. The van der Waals surface area contributed by atoms with E-state index in [1.54, 1.807) is 7.11 Å². The number of hydrogen-bond acceptors (Lipinski definition) is 3. The summed E-state index contributed by atoms with van der Waals surface area (Å²) in [6.07, 6.45) is 6.65.